The minimum atomic E-state index is -0.0841. The van der Waals surface area contributed by atoms with Crippen molar-refractivity contribution in [2.45, 2.75) is 19.3 Å². The number of amides is 2. The van der Waals surface area contributed by atoms with Crippen LogP contribution in [-0.2, 0) is 16.0 Å². The van der Waals surface area contributed by atoms with Gasteiger partial charge in [-0.25, -0.2) is 0 Å². The van der Waals surface area contributed by atoms with E-state index in [-0.39, 0.29) is 17.2 Å². The molecule has 2 aliphatic heterocycles. The van der Waals surface area contributed by atoms with Crippen LogP contribution >= 0.6 is 0 Å². The lowest BCUT2D eigenvalue weighted by molar-refractivity contribution is -0.130. The second-order valence-corrected chi connectivity index (χ2v) is 7.22. The van der Waals surface area contributed by atoms with Crippen LogP contribution in [0.25, 0.3) is 0 Å². The average molecular weight is 334 g/mol. The van der Waals surface area contributed by atoms with Gasteiger partial charge in [0.2, 0.25) is 11.8 Å². The van der Waals surface area contributed by atoms with Gasteiger partial charge < -0.3 is 9.80 Å². The van der Waals surface area contributed by atoms with Gasteiger partial charge in [-0.2, -0.15) is 0 Å². The molecule has 2 aliphatic rings. The minimum absolute atomic E-state index is 0.0841. The number of carbonyl (C=O) groups is 2. The van der Waals surface area contributed by atoms with E-state index in [0.29, 0.717) is 25.9 Å². The Morgan fingerprint density at radius 3 is 2.36 bits per heavy atom. The van der Waals surface area contributed by atoms with E-state index in [1.165, 1.54) is 0 Å². The van der Waals surface area contributed by atoms with E-state index < -0.39 is 0 Å². The molecule has 2 saturated heterocycles. The number of likely N-dealkylation sites (tertiary alicyclic amines) is 1. The van der Waals surface area contributed by atoms with Gasteiger partial charge in [0.25, 0.3) is 0 Å². The molecule has 4 heteroatoms. The molecule has 1 atom stereocenters. The highest BCUT2D eigenvalue weighted by molar-refractivity contribution is 5.96. The summed E-state index contributed by atoms with van der Waals surface area (Å²) in [6.45, 7) is 2.15. The van der Waals surface area contributed by atoms with Crippen LogP contribution in [0.4, 0.5) is 5.69 Å². The van der Waals surface area contributed by atoms with Crippen LogP contribution in [0.2, 0.25) is 0 Å². The first-order valence-electron chi connectivity index (χ1n) is 8.82. The van der Waals surface area contributed by atoms with Crippen LogP contribution in [0.15, 0.2) is 60.7 Å². The van der Waals surface area contributed by atoms with E-state index in [9.17, 15) is 9.59 Å². The first-order chi connectivity index (χ1) is 12.2. The van der Waals surface area contributed by atoms with Gasteiger partial charge in [0.15, 0.2) is 0 Å². The Bertz CT molecular complexity index is 775. The predicted octanol–water partition coefficient (Wildman–Crippen LogP) is 2.88. The lowest BCUT2D eigenvalue weighted by Gasteiger charge is -2.24. The lowest BCUT2D eigenvalue weighted by atomic mass is 9.86. The maximum absolute atomic E-state index is 12.6. The van der Waals surface area contributed by atoms with Crippen molar-refractivity contribution in [3.05, 3.63) is 66.2 Å². The van der Waals surface area contributed by atoms with Gasteiger partial charge in [-0.3, -0.25) is 9.59 Å². The van der Waals surface area contributed by atoms with Gasteiger partial charge >= 0.3 is 0 Å². The van der Waals surface area contributed by atoms with Crippen LogP contribution < -0.4 is 4.90 Å². The van der Waals surface area contributed by atoms with Crippen molar-refractivity contribution in [2.24, 2.45) is 5.41 Å². The van der Waals surface area contributed by atoms with Gasteiger partial charge in [-0.05, 0) is 24.1 Å². The van der Waals surface area contributed by atoms with Crippen molar-refractivity contribution in [1.29, 1.82) is 0 Å². The maximum Gasteiger partial charge on any atom is 0.227 e. The Labute approximate surface area is 148 Å². The third-order valence-corrected chi connectivity index (χ3v) is 5.38. The summed E-state index contributed by atoms with van der Waals surface area (Å²) in [5.74, 6) is 0.331. The second-order valence-electron chi connectivity index (χ2n) is 7.22. The lowest BCUT2D eigenvalue weighted by Crippen LogP contribution is -2.34. The van der Waals surface area contributed by atoms with Crippen LogP contribution in [-0.4, -0.2) is 36.3 Å². The molecule has 2 fully saturated rings. The summed E-state index contributed by atoms with van der Waals surface area (Å²) >= 11 is 0. The van der Waals surface area contributed by atoms with Crippen molar-refractivity contribution < 1.29 is 9.59 Å². The van der Waals surface area contributed by atoms with Crippen molar-refractivity contribution in [2.75, 3.05) is 24.5 Å². The third-order valence-electron chi connectivity index (χ3n) is 5.38. The van der Waals surface area contributed by atoms with Crippen molar-refractivity contribution in [1.82, 2.24) is 4.90 Å². The van der Waals surface area contributed by atoms with Crippen molar-refractivity contribution in [3.63, 3.8) is 0 Å². The molecule has 1 spiro atoms. The fourth-order valence-corrected chi connectivity index (χ4v) is 4.04. The number of carbonyl (C=O) groups excluding carboxylic acids is 2. The summed E-state index contributed by atoms with van der Waals surface area (Å²) in [4.78, 5) is 29.0. The SMILES string of the molecule is O=C(Cc1ccccc1)N1CC[C@@]2(CC(=O)N(c3ccccc3)C2)C1. The standard InChI is InChI=1S/C21H22N2O2/c24-19(13-17-7-3-1-4-8-17)22-12-11-21(15-22)14-20(25)23(16-21)18-9-5-2-6-10-18/h1-10H,11-16H2/t21-/m1/s1. The summed E-state index contributed by atoms with van der Waals surface area (Å²) < 4.78 is 0. The Kier molecular flexibility index (Phi) is 4.04. The zero-order valence-electron chi connectivity index (χ0n) is 14.2. The summed E-state index contributed by atoms with van der Waals surface area (Å²) in [6, 6.07) is 19.7. The van der Waals surface area contributed by atoms with E-state index in [1.54, 1.807) is 0 Å². The summed E-state index contributed by atoms with van der Waals surface area (Å²) in [6.07, 6.45) is 1.88. The molecule has 128 valence electrons. The number of rotatable bonds is 3. The molecule has 2 heterocycles. The molecule has 0 saturated carbocycles. The van der Waals surface area contributed by atoms with Crippen LogP contribution in [0.1, 0.15) is 18.4 Å². The molecule has 0 radical (unpaired) electrons. The van der Waals surface area contributed by atoms with E-state index in [2.05, 4.69) is 0 Å². The summed E-state index contributed by atoms with van der Waals surface area (Å²) in [5.41, 5.74) is 1.92. The van der Waals surface area contributed by atoms with E-state index in [0.717, 1.165) is 24.2 Å². The molecular formula is C21H22N2O2. The largest absolute Gasteiger partial charge is 0.342 e. The highest BCUT2D eigenvalue weighted by atomic mass is 16.2. The molecule has 4 rings (SSSR count). The van der Waals surface area contributed by atoms with E-state index in [1.807, 2.05) is 70.5 Å². The van der Waals surface area contributed by atoms with Gasteiger partial charge in [0, 0.05) is 37.2 Å². The van der Waals surface area contributed by atoms with Crippen LogP contribution in [0, 0.1) is 5.41 Å². The maximum atomic E-state index is 12.6. The van der Waals surface area contributed by atoms with Gasteiger partial charge in [-0.15, -0.1) is 0 Å². The molecule has 2 aromatic rings. The third kappa shape index (κ3) is 3.16. The fraction of sp³-hybridized carbons (Fsp3) is 0.333. The Morgan fingerprint density at radius 2 is 1.64 bits per heavy atom. The van der Waals surface area contributed by atoms with E-state index in [4.69, 9.17) is 0 Å². The zero-order valence-corrected chi connectivity index (χ0v) is 14.2. The Morgan fingerprint density at radius 1 is 0.960 bits per heavy atom. The summed E-state index contributed by atoms with van der Waals surface area (Å²) in [7, 11) is 0. The Balaban J connectivity index is 1.43. The smallest absolute Gasteiger partial charge is 0.227 e. The van der Waals surface area contributed by atoms with Gasteiger partial charge in [0.1, 0.15) is 0 Å². The van der Waals surface area contributed by atoms with Crippen molar-refractivity contribution >= 4 is 17.5 Å². The fourth-order valence-electron chi connectivity index (χ4n) is 4.04. The predicted molar refractivity (Wildman–Crippen MR) is 97.2 cm³/mol. The first kappa shape index (κ1) is 15.9. The second kappa shape index (κ2) is 6.36. The van der Waals surface area contributed by atoms with Crippen LogP contribution in [0.3, 0.4) is 0 Å². The average Bonchev–Trinajstić information content (AvgIpc) is 3.20. The number of hydrogen-bond acceptors (Lipinski definition) is 2. The number of para-hydroxylation sites is 1. The zero-order chi connectivity index (χ0) is 17.3. The number of hydrogen-bond donors (Lipinski definition) is 0. The van der Waals surface area contributed by atoms with Crippen molar-refractivity contribution in [3.8, 4) is 0 Å². The molecule has 2 aromatic carbocycles. The first-order valence-corrected chi connectivity index (χ1v) is 8.82. The molecule has 2 amide bonds. The normalized spacial score (nSPS) is 22.8. The molecule has 0 aromatic heterocycles. The Hall–Kier alpha value is -2.62. The van der Waals surface area contributed by atoms with E-state index >= 15 is 0 Å². The molecule has 0 bridgehead atoms. The molecule has 0 unspecified atom stereocenters. The molecule has 4 nitrogen and oxygen atoms in total. The van der Waals surface area contributed by atoms with Gasteiger partial charge in [-0.1, -0.05) is 48.5 Å². The quantitative estimate of drug-likeness (QED) is 0.866. The number of benzene rings is 2. The molecule has 0 N–H and O–H groups in total. The number of anilines is 1. The minimum Gasteiger partial charge on any atom is -0.342 e. The highest BCUT2D eigenvalue weighted by Gasteiger charge is 2.48. The monoisotopic (exact) mass is 334 g/mol. The summed E-state index contributed by atoms with van der Waals surface area (Å²) in [5, 5.41) is 0. The molecular weight excluding hydrogens is 312 g/mol. The molecule has 0 aliphatic carbocycles. The molecule has 25 heavy (non-hydrogen) atoms. The topological polar surface area (TPSA) is 40.6 Å². The number of nitrogens with zero attached hydrogens (tertiary/aromatic N) is 2. The van der Waals surface area contributed by atoms with Crippen LogP contribution in [0.5, 0.6) is 0 Å². The highest BCUT2D eigenvalue weighted by Crippen LogP contribution is 2.41. The van der Waals surface area contributed by atoms with Gasteiger partial charge in [0.05, 0.1) is 6.42 Å².